The summed E-state index contributed by atoms with van der Waals surface area (Å²) in [5.41, 5.74) is 6.59. The monoisotopic (exact) mass is 431 g/mol. The van der Waals surface area contributed by atoms with E-state index in [2.05, 4.69) is 127 Å². The van der Waals surface area contributed by atoms with Gasteiger partial charge in [0.2, 0.25) is 0 Å². The average molecular weight is 432 g/mol. The number of benzene rings is 2. The highest BCUT2D eigenvalue weighted by molar-refractivity contribution is 9.10. The molecule has 0 saturated carbocycles. The van der Waals surface area contributed by atoms with Gasteiger partial charge in [0.25, 0.3) is 0 Å². The molecular weight excluding hydrogens is 406 g/mol. The van der Waals surface area contributed by atoms with E-state index in [4.69, 9.17) is 0 Å². The maximum absolute atomic E-state index is 4.05. The molecule has 1 aliphatic heterocycles. The highest BCUT2D eigenvalue weighted by atomic mass is 79.9. The molecule has 0 N–H and O–H groups in total. The zero-order chi connectivity index (χ0) is 19.7. The molecule has 28 heavy (non-hydrogen) atoms. The van der Waals surface area contributed by atoms with Crippen molar-refractivity contribution in [2.45, 2.75) is 43.0 Å². The van der Waals surface area contributed by atoms with E-state index in [0.29, 0.717) is 5.92 Å². The van der Waals surface area contributed by atoms with Gasteiger partial charge in [-0.1, -0.05) is 83.6 Å². The SMILES string of the molecule is CC1C=CC2(C)C3=C1C(C)(Br)C=CC3(C)N(c1ccccc1)c1ccccc12. The van der Waals surface area contributed by atoms with Gasteiger partial charge in [-0.05, 0) is 61.6 Å². The van der Waals surface area contributed by atoms with Crippen LogP contribution in [-0.2, 0) is 5.41 Å². The zero-order valence-electron chi connectivity index (χ0n) is 16.9. The molecule has 4 unspecified atom stereocenters. The number of halogens is 1. The molecule has 1 heterocycles. The Hall–Kier alpha value is -2.06. The van der Waals surface area contributed by atoms with Gasteiger partial charge in [0.05, 0.1) is 9.86 Å². The summed E-state index contributed by atoms with van der Waals surface area (Å²) < 4.78 is -0.123. The zero-order valence-corrected chi connectivity index (χ0v) is 18.5. The van der Waals surface area contributed by atoms with Crippen molar-refractivity contribution in [2.75, 3.05) is 4.90 Å². The molecule has 5 rings (SSSR count). The van der Waals surface area contributed by atoms with Gasteiger partial charge in [0.15, 0.2) is 0 Å². The van der Waals surface area contributed by atoms with Crippen LogP contribution in [0.3, 0.4) is 0 Å². The Labute approximate surface area is 176 Å². The van der Waals surface area contributed by atoms with Crippen LogP contribution in [0.5, 0.6) is 0 Å². The summed E-state index contributed by atoms with van der Waals surface area (Å²) in [6.07, 6.45) is 9.60. The van der Waals surface area contributed by atoms with Gasteiger partial charge in [0.1, 0.15) is 0 Å². The fourth-order valence-electron chi connectivity index (χ4n) is 5.76. The minimum Gasteiger partial charge on any atom is -0.328 e. The summed E-state index contributed by atoms with van der Waals surface area (Å²) >= 11 is 4.05. The summed E-state index contributed by atoms with van der Waals surface area (Å²) in [7, 11) is 0. The number of rotatable bonds is 1. The first-order chi connectivity index (χ1) is 13.3. The number of allylic oxidation sites excluding steroid dienone is 4. The topological polar surface area (TPSA) is 3.24 Å². The minimum atomic E-state index is -0.216. The average Bonchev–Trinajstić information content (AvgIpc) is 2.68. The largest absolute Gasteiger partial charge is 0.328 e. The summed E-state index contributed by atoms with van der Waals surface area (Å²) in [4.78, 5) is 2.53. The number of hydrogen-bond donors (Lipinski definition) is 0. The van der Waals surface area contributed by atoms with Crippen LogP contribution in [-0.4, -0.2) is 9.86 Å². The number of anilines is 2. The maximum atomic E-state index is 4.05. The number of hydrogen-bond acceptors (Lipinski definition) is 1. The van der Waals surface area contributed by atoms with Gasteiger partial charge < -0.3 is 4.90 Å². The third kappa shape index (κ3) is 2.18. The first-order valence-electron chi connectivity index (χ1n) is 10.1. The molecule has 0 radical (unpaired) electrons. The van der Waals surface area contributed by atoms with E-state index in [1.165, 1.54) is 28.1 Å². The molecule has 1 nitrogen and oxygen atoms in total. The third-order valence-electron chi connectivity index (χ3n) is 6.90. The summed E-state index contributed by atoms with van der Waals surface area (Å²) in [5, 5.41) is 0. The van der Waals surface area contributed by atoms with E-state index in [-0.39, 0.29) is 15.3 Å². The molecule has 3 aliphatic rings. The highest BCUT2D eigenvalue weighted by Crippen LogP contribution is 2.61. The molecule has 2 heteroatoms. The predicted molar refractivity (Wildman–Crippen MR) is 123 cm³/mol. The van der Waals surface area contributed by atoms with Crippen molar-refractivity contribution in [3.63, 3.8) is 0 Å². The fourth-order valence-corrected chi connectivity index (χ4v) is 6.45. The Bertz CT molecular complexity index is 1050. The molecule has 2 aliphatic carbocycles. The highest BCUT2D eigenvalue weighted by Gasteiger charge is 2.55. The lowest BCUT2D eigenvalue weighted by atomic mass is 9.56. The van der Waals surface area contributed by atoms with E-state index in [9.17, 15) is 0 Å². The molecule has 0 bridgehead atoms. The maximum Gasteiger partial charge on any atom is 0.0833 e. The minimum absolute atomic E-state index is 0.113. The van der Waals surface area contributed by atoms with Crippen molar-refractivity contribution < 1.29 is 0 Å². The first kappa shape index (κ1) is 18.0. The van der Waals surface area contributed by atoms with Crippen LogP contribution in [0.25, 0.3) is 0 Å². The van der Waals surface area contributed by atoms with E-state index >= 15 is 0 Å². The van der Waals surface area contributed by atoms with Crippen LogP contribution in [0.15, 0.2) is 90.0 Å². The lowest BCUT2D eigenvalue weighted by Crippen LogP contribution is -2.57. The van der Waals surface area contributed by atoms with E-state index in [0.717, 1.165) is 0 Å². The second kappa shape index (κ2) is 5.73. The number of fused-ring (bicyclic) bond motifs is 2. The Morgan fingerprint density at radius 3 is 2.29 bits per heavy atom. The standard InChI is InChI=1S/C26H26BrN/c1-18-14-15-24(2)20-12-8-9-13-21(20)28(19-10-6-5-7-11-19)26(4)17-16-25(3,27)22(18)23(24)26/h5-18H,1-4H3. The van der Waals surface area contributed by atoms with Crippen LogP contribution < -0.4 is 4.90 Å². The fraction of sp³-hybridized carbons (Fsp3) is 0.308. The Balaban J connectivity index is 1.92. The Morgan fingerprint density at radius 2 is 1.54 bits per heavy atom. The lowest BCUT2D eigenvalue weighted by molar-refractivity contribution is 0.467. The molecule has 2 aromatic carbocycles. The van der Waals surface area contributed by atoms with Crippen LogP contribution >= 0.6 is 15.9 Å². The quantitative estimate of drug-likeness (QED) is 0.344. The molecule has 2 aromatic rings. The van der Waals surface area contributed by atoms with E-state index in [1.807, 2.05) is 0 Å². The number of para-hydroxylation sites is 2. The summed E-state index contributed by atoms with van der Waals surface area (Å²) in [5.74, 6) is 0.402. The van der Waals surface area contributed by atoms with Crippen molar-refractivity contribution in [2.24, 2.45) is 5.92 Å². The van der Waals surface area contributed by atoms with Crippen LogP contribution in [0, 0.1) is 5.92 Å². The molecule has 142 valence electrons. The van der Waals surface area contributed by atoms with Gasteiger partial charge in [-0.15, -0.1) is 0 Å². The Kier molecular flexibility index (Phi) is 3.68. The molecule has 0 aromatic heterocycles. The van der Waals surface area contributed by atoms with Gasteiger partial charge in [-0.25, -0.2) is 0 Å². The second-order valence-corrected chi connectivity index (χ2v) is 10.5. The Morgan fingerprint density at radius 1 is 0.857 bits per heavy atom. The van der Waals surface area contributed by atoms with Gasteiger partial charge in [0, 0.05) is 16.8 Å². The van der Waals surface area contributed by atoms with E-state index < -0.39 is 0 Å². The van der Waals surface area contributed by atoms with Crippen molar-refractivity contribution >= 4 is 27.3 Å². The molecule has 0 saturated heterocycles. The number of nitrogens with zero attached hydrogens (tertiary/aromatic N) is 1. The first-order valence-corrected chi connectivity index (χ1v) is 10.9. The van der Waals surface area contributed by atoms with Crippen LogP contribution in [0.1, 0.15) is 33.3 Å². The molecule has 4 atom stereocenters. The van der Waals surface area contributed by atoms with Gasteiger partial charge >= 0.3 is 0 Å². The van der Waals surface area contributed by atoms with E-state index in [1.54, 1.807) is 0 Å². The summed E-state index contributed by atoms with van der Waals surface area (Å²) in [6.45, 7) is 9.39. The molecule has 0 amide bonds. The second-order valence-electron chi connectivity index (χ2n) is 8.88. The van der Waals surface area contributed by atoms with Crippen LogP contribution in [0.2, 0.25) is 0 Å². The third-order valence-corrected chi connectivity index (χ3v) is 7.59. The van der Waals surface area contributed by atoms with Crippen LogP contribution in [0.4, 0.5) is 11.4 Å². The van der Waals surface area contributed by atoms with Crippen molar-refractivity contribution in [1.82, 2.24) is 0 Å². The van der Waals surface area contributed by atoms with Crippen molar-refractivity contribution in [3.05, 3.63) is 95.6 Å². The molecule has 0 fully saturated rings. The van der Waals surface area contributed by atoms with Crippen molar-refractivity contribution in [1.29, 1.82) is 0 Å². The van der Waals surface area contributed by atoms with Gasteiger partial charge in [-0.3, -0.25) is 0 Å². The molecule has 0 spiro atoms. The number of alkyl halides is 1. The lowest BCUT2D eigenvalue weighted by Gasteiger charge is -2.59. The smallest absolute Gasteiger partial charge is 0.0833 e. The summed E-state index contributed by atoms with van der Waals surface area (Å²) in [6, 6.07) is 19.7. The molecular formula is C26H26BrN. The van der Waals surface area contributed by atoms with Gasteiger partial charge in [-0.2, -0.15) is 0 Å². The van der Waals surface area contributed by atoms with Crippen molar-refractivity contribution in [3.8, 4) is 0 Å². The normalized spacial score (nSPS) is 35.6. The predicted octanol–water partition coefficient (Wildman–Crippen LogP) is 7.08.